The number of carboxylic acid groups (broad SMARTS) is 1. The highest BCUT2D eigenvalue weighted by Crippen LogP contribution is 2.04. The number of aliphatic carboxylic acids is 1. The molecule has 2 aromatic rings. The third kappa shape index (κ3) is 7.81. The summed E-state index contributed by atoms with van der Waals surface area (Å²) >= 11 is 0. The van der Waals surface area contributed by atoms with Crippen LogP contribution in [0.2, 0.25) is 0 Å². The molecule has 3 atom stereocenters. The number of amides is 3. The van der Waals surface area contributed by atoms with Crippen LogP contribution in [0.15, 0.2) is 42.9 Å². The van der Waals surface area contributed by atoms with E-state index in [-0.39, 0.29) is 12.8 Å². The van der Waals surface area contributed by atoms with Gasteiger partial charge in [-0.25, -0.2) is 9.78 Å². The molecule has 0 saturated heterocycles. The number of nitrogens with one attached hydrogen (secondary N) is 4. The molecule has 3 amide bonds. The fraction of sp³-hybridized carbons (Fsp3) is 0.350. The van der Waals surface area contributed by atoms with Crippen molar-refractivity contribution in [3.8, 4) is 0 Å². The highest BCUT2D eigenvalue weighted by Gasteiger charge is 2.26. The second-order valence-corrected chi connectivity index (χ2v) is 7.00. The van der Waals surface area contributed by atoms with Gasteiger partial charge in [0.25, 0.3) is 0 Å². The summed E-state index contributed by atoms with van der Waals surface area (Å²) in [5, 5.41) is 24.8. The fourth-order valence-corrected chi connectivity index (χ4v) is 2.79. The lowest BCUT2D eigenvalue weighted by atomic mass is 10.0. The topological polar surface area (TPSA) is 200 Å². The van der Waals surface area contributed by atoms with Crippen LogP contribution in [0.3, 0.4) is 0 Å². The van der Waals surface area contributed by atoms with Crippen molar-refractivity contribution in [2.45, 2.75) is 31.0 Å². The van der Waals surface area contributed by atoms with Crippen molar-refractivity contribution < 1.29 is 29.4 Å². The number of carbonyl (C=O) groups is 4. The maximum absolute atomic E-state index is 12.6. The van der Waals surface area contributed by atoms with Gasteiger partial charge in [-0.05, 0) is 12.0 Å². The molecule has 12 heteroatoms. The largest absolute Gasteiger partial charge is 0.480 e. The molecule has 0 radical (unpaired) electrons. The molecule has 32 heavy (non-hydrogen) atoms. The van der Waals surface area contributed by atoms with Gasteiger partial charge in [0, 0.05) is 18.3 Å². The number of benzene rings is 1. The maximum Gasteiger partial charge on any atom is 0.328 e. The average molecular weight is 446 g/mol. The molecule has 0 aliphatic carbocycles. The molecule has 1 aromatic carbocycles. The second-order valence-electron chi connectivity index (χ2n) is 7.00. The van der Waals surface area contributed by atoms with E-state index >= 15 is 0 Å². The summed E-state index contributed by atoms with van der Waals surface area (Å²) in [7, 11) is 0. The Labute approximate surface area is 183 Å². The Morgan fingerprint density at radius 3 is 2.34 bits per heavy atom. The van der Waals surface area contributed by atoms with E-state index in [0.29, 0.717) is 5.69 Å². The number of nitrogens with two attached hydrogens (primary N) is 1. The molecule has 1 aromatic heterocycles. The molecule has 12 nitrogen and oxygen atoms in total. The summed E-state index contributed by atoms with van der Waals surface area (Å²) in [6.45, 7) is -1.35. The zero-order chi connectivity index (χ0) is 23.5. The Morgan fingerprint density at radius 1 is 1.03 bits per heavy atom. The number of aromatic amines is 1. The highest BCUT2D eigenvalue weighted by atomic mass is 16.4. The molecule has 0 bridgehead atoms. The first kappa shape index (κ1) is 24.5. The molecule has 2 rings (SSSR count). The molecule has 0 aliphatic rings. The van der Waals surface area contributed by atoms with E-state index in [1.807, 2.05) is 30.3 Å². The van der Waals surface area contributed by atoms with Crippen molar-refractivity contribution in [2.75, 3.05) is 13.2 Å². The van der Waals surface area contributed by atoms with E-state index in [1.165, 1.54) is 12.5 Å². The van der Waals surface area contributed by atoms with Crippen LogP contribution < -0.4 is 21.7 Å². The molecule has 0 fully saturated rings. The van der Waals surface area contributed by atoms with Gasteiger partial charge in [0.05, 0.1) is 25.5 Å². The van der Waals surface area contributed by atoms with Gasteiger partial charge in [0.15, 0.2) is 0 Å². The number of hydrogen-bond donors (Lipinski definition) is 7. The summed E-state index contributed by atoms with van der Waals surface area (Å²) in [6, 6.07) is 5.69. The zero-order valence-corrected chi connectivity index (χ0v) is 17.2. The Balaban J connectivity index is 1.97. The Morgan fingerprint density at radius 2 is 1.75 bits per heavy atom. The molecule has 0 aliphatic heterocycles. The van der Waals surface area contributed by atoms with Crippen molar-refractivity contribution in [1.82, 2.24) is 25.9 Å². The van der Waals surface area contributed by atoms with Crippen LogP contribution in [-0.4, -0.2) is 75.1 Å². The van der Waals surface area contributed by atoms with E-state index in [0.717, 1.165) is 5.56 Å². The highest BCUT2D eigenvalue weighted by molar-refractivity contribution is 5.92. The number of aliphatic hydroxyl groups is 1. The minimum absolute atomic E-state index is 0.0612. The first-order valence-corrected chi connectivity index (χ1v) is 9.78. The van der Waals surface area contributed by atoms with Crippen LogP contribution in [0.5, 0.6) is 0 Å². The smallest absolute Gasteiger partial charge is 0.328 e. The third-order valence-corrected chi connectivity index (χ3v) is 4.49. The van der Waals surface area contributed by atoms with Crippen molar-refractivity contribution in [1.29, 1.82) is 0 Å². The minimum atomic E-state index is -1.49. The van der Waals surface area contributed by atoms with Crippen molar-refractivity contribution >= 4 is 23.7 Å². The molecule has 8 N–H and O–H groups in total. The van der Waals surface area contributed by atoms with Crippen LogP contribution in [-0.2, 0) is 32.0 Å². The van der Waals surface area contributed by atoms with E-state index in [9.17, 15) is 19.2 Å². The van der Waals surface area contributed by atoms with Crippen LogP contribution in [0.4, 0.5) is 0 Å². The summed E-state index contributed by atoms with van der Waals surface area (Å²) in [5.41, 5.74) is 7.41. The number of carbonyl (C=O) groups excluding carboxylic acids is 3. The summed E-state index contributed by atoms with van der Waals surface area (Å²) < 4.78 is 0. The minimum Gasteiger partial charge on any atom is -0.480 e. The number of aromatic nitrogens is 2. The molecule has 3 unspecified atom stereocenters. The lowest BCUT2D eigenvalue weighted by Crippen LogP contribution is -2.54. The van der Waals surface area contributed by atoms with Gasteiger partial charge in [0.1, 0.15) is 12.1 Å². The lowest BCUT2D eigenvalue weighted by Gasteiger charge is -2.20. The summed E-state index contributed by atoms with van der Waals surface area (Å²) in [4.78, 5) is 54.7. The maximum atomic E-state index is 12.6. The van der Waals surface area contributed by atoms with E-state index < -0.39 is 55.0 Å². The van der Waals surface area contributed by atoms with Crippen LogP contribution in [0.1, 0.15) is 11.3 Å². The monoisotopic (exact) mass is 446 g/mol. The molecule has 0 spiro atoms. The molecule has 172 valence electrons. The van der Waals surface area contributed by atoms with E-state index in [2.05, 4.69) is 25.9 Å². The standard InChI is InChI=1S/C20H26N6O6/c21-14(6-12-4-2-1-3-5-12)18(29)26-15(7-13-8-22-11-24-13)19(30)23-9-17(28)25-16(10-27)20(31)32/h1-5,8,11,14-16,27H,6-7,9-10,21H2,(H,22,24)(H,23,30)(H,25,28)(H,26,29)(H,31,32). The first-order chi connectivity index (χ1) is 15.3. The van der Waals surface area contributed by atoms with Crippen molar-refractivity contribution in [3.63, 3.8) is 0 Å². The number of nitrogens with zero attached hydrogens (tertiary/aromatic N) is 1. The predicted molar refractivity (Wildman–Crippen MR) is 112 cm³/mol. The van der Waals surface area contributed by atoms with E-state index in [1.54, 1.807) is 0 Å². The molecule has 1 heterocycles. The fourth-order valence-electron chi connectivity index (χ4n) is 2.79. The van der Waals surface area contributed by atoms with Gasteiger partial charge >= 0.3 is 5.97 Å². The normalized spacial score (nSPS) is 13.4. The van der Waals surface area contributed by atoms with E-state index in [4.69, 9.17) is 15.9 Å². The third-order valence-electron chi connectivity index (χ3n) is 4.49. The Bertz CT molecular complexity index is 905. The SMILES string of the molecule is NC(Cc1ccccc1)C(=O)NC(Cc1cnc[nH]1)C(=O)NCC(=O)NC(CO)C(=O)O. The summed E-state index contributed by atoms with van der Waals surface area (Å²) in [6.07, 6.45) is 3.24. The quantitative estimate of drug-likeness (QED) is 0.188. The van der Waals surface area contributed by atoms with Crippen molar-refractivity contribution in [2.24, 2.45) is 5.73 Å². The number of rotatable bonds is 12. The van der Waals surface area contributed by atoms with Gasteiger partial charge < -0.3 is 36.9 Å². The van der Waals surface area contributed by atoms with Crippen molar-refractivity contribution in [3.05, 3.63) is 54.1 Å². The Kier molecular flexibility index (Phi) is 9.32. The number of aliphatic hydroxyl groups excluding tert-OH is 1. The predicted octanol–water partition coefficient (Wildman–Crippen LogP) is -2.32. The lowest BCUT2D eigenvalue weighted by molar-refractivity contribution is -0.142. The van der Waals surface area contributed by atoms with Gasteiger partial charge in [0.2, 0.25) is 17.7 Å². The first-order valence-electron chi connectivity index (χ1n) is 9.78. The second kappa shape index (κ2) is 12.2. The Hall–Kier alpha value is -3.77. The van der Waals surface area contributed by atoms with Gasteiger partial charge in [-0.15, -0.1) is 0 Å². The molecular weight excluding hydrogens is 420 g/mol. The molecule has 0 saturated carbocycles. The number of imidazole rings is 1. The average Bonchev–Trinajstić information content (AvgIpc) is 3.28. The van der Waals surface area contributed by atoms with Gasteiger partial charge in [-0.1, -0.05) is 30.3 Å². The number of H-pyrrole nitrogens is 1. The zero-order valence-electron chi connectivity index (χ0n) is 17.2. The van der Waals surface area contributed by atoms with Crippen LogP contribution >= 0.6 is 0 Å². The van der Waals surface area contributed by atoms with Crippen LogP contribution in [0, 0.1) is 0 Å². The number of carboxylic acids is 1. The summed E-state index contributed by atoms with van der Waals surface area (Å²) in [5.74, 6) is -3.45. The van der Waals surface area contributed by atoms with Gasteiger partial charge in [-0.3, -0.25) is 14.4 Å². The van der Waals surface area contributed by atoms with Crippen LogP contribution in [0.25, 0.3) is 0 Å². The molecular formula is C20H26N6O6. The van der Waals surface area contributed by atoms with Gasteiger partial charge in [-0.2, -0.15) is 0 Å². The number of hydrogen-bond acceptors (Lipinski definition) is 7.